The summed E-state index contributed by atoms with van der Waals surface area (Å²) >= 11 is 0. The molecular weight excluding hydrogens is 374 g/mol. The maximum atomic E-state index is 13.2. The zero-order chi connectivity index (χ0) is 21.6. The van der Waals surface area contributed by atoms with Crippen molar-refractivity contribution in [3.63, 3.8) is 0 Å². The number of primary amides is 1. The SMILES string of the molecule is C[C@@H]1C[C@@H](C(N)=O)c2ccccc2N1CC(=O)/C=C1/N(C)c2ccccc2C1(C)C. The second-order valence-electron chi connectivity index (χ2n) is 8.92. The molecule has 2 aromatic carbocycles. The maximum absolute atomic E-state index is 13.2. The monoisotopic (exact) mass is 403 g/mol. The van der Waals surface area contributed by atoms with Crippen molar-refractivity contribution in [3.05, 3.63) is 71.4 Å². The van der Waals surface area contributed by atoms with Gasteiger partial charge in [-0.05, 0) is 36.6 Å². The number of amides is 1. The summed E-state index contributed by atoms with van der Waals surface area (Å²) in [5.41, 5.74) is 10.6. The summed E-state index contributed by atoms with van der Waals surface area (Å²) in [6.45, 7) is 6.64. The second kappa shape index (κ2) is 7.31. The molecule has 2 N–H and O–H groups in total. The van der Waals surface area contributed by atoms with Gasteiger partial charge in [0, 0.05) is 41.7 Å². The molecule has 0 fully saturated rings. The van der Waals surface area contributed by atoms with Crippen molar-refractivity contribution in [3.8, 4) is 0 Å². The molecule has 5 heteroatoms. The number of anilines is 2. The van der Waals surface area contributed by atoms with Crippen LogP contribution in [0, 0.1) is 0 Å². The fraction of sp³-hybridized carbons (Fsp3) is 0.360. The molecule has 0 spiro atoms. The summed E-state index contributed by atoms with van der Waals surface area (Å²) < 4.78 is 0. The molecule has 2 aromatic rings. The van der Waals surface area contributed by atoms with E-state index in [9.17, 15) is 9.59 Å². The van der Waals surface area contributed by atoms with E-state index >= 15 is 0 Å². The number of nitrogens with zero attached hydrogens (tertiary/aromatic N) is 2. The van der Waals surface area contributed by atoms with E-state index in [-0.39, 0.29) is 35.6 Å². The molecule has 0 aliphatic carbocycles. The number of rotatable bonds is 4. The fourth-order valence-corrected chi connectivity index (χ4v) is 5.01. The van der Waals surface area contributed by atoms with Crippen molar-refractivity contribution in [2.75, 3.05) is 23.4 Å². The van der Waals surface area contributed by atoms with E-state index in [1.54, 1.807) is 6.08 Å². The van der Waals surface area contributed by atoms with Gasteiger partial charge >= 0.3 is 0 Å². The van der Waals surface area contributed by atoms with E-state index in [0.717, 1.165) is 22.6 Å². The Labute approximate surface area is 178 Å². The highest BCUT2D eigenvalue weighted by atomic mass is 16.1. The molecule has 2 aliphatic heterocycles. The molecule has 0 aromatic heterocycles. The predicted octanol–water partition coefficient (Wildman–Crippen LogP) is 3.73. The zero-order valence-electron chi connectivity index (χ0n) is 18.1. The quantitative estimate of drug-likeness (QED) is 0.790. The van der Waals surface area contributed by atoms with Crippen molar-refractivity contribution in [1.29, 1.82) is 0 Å². The lowest BCUT2D eigenvalue weighted by Gasteiger charge is -2.39. The van der Waals surface area contributed by atoms with Crippen LogP contribution in [0.4, 0.5) is 11.4 Å². The van der Waals surface area contributed by atoms with E-state index in [2.05, 4.69) is 35.8 Å². The number of hydrogen-bond acceptors (Lipinski definition) is 4. The van der Waals surface area contributed by atoms with Crippen molar-refractivity contribution in [1.82, 2.24) is 0 Å². The predicted molar refractivity (Wildman–Crippen MR) is 121 cm³/mol. The highest BCUT2D eigenvalue weighted by molar-refractivity contribution is 5.96. The highest BCUT2D eigenvalue weighted by Crippen LogP contribution is 2.46. The van der Waals surface area contributed by atoms with E-state index < -0.39 is 0 Å². The number of nitrogens with two attached hydrogens (primary N) is 1. The van der Waals surface area contributed by atoms with Gasteiger partial charge in [0.15, 0.2) is 5.78 Å². The number of allylic oxidation sites excluding steroid dienone is 1. The van der Waals surface area contributed by atoms with Crippen LogP contribution in [0.3, 0.4) is 0 Å². The van der Waals surface area contributed by atoms with Crippen molar-refractivity contribution >= 4 is 23.1 Å². The number of benzene rings is 2. The summed E-state index contributed by atoms with van der Waals surface area (Å²) in [5.74, 6) is -0.568. The van der Waals surface area contributed by atoms with Crippen LogP contribution in [-0.4, -0.2) is 31.3 Å². The van der Waals surface area contributed by atoms with E-state index in [1.165, 1.54) is 5.56 Å². The molecule has 4 rings (SSSR count). The molecule has 5 nitrogen and oxygen atoms in total. The average Bonchev–Trinajstić information content (AvgIpc) is 2.90. The smallest absolute Gasteiger partial charge is 0.225 e. The molecule has 2 atom stereocenters. The Morgan fingerprint density at radius 3 is 2.40 bits per heavy atom. The lowest BCUT2D eigenvalue weighted by atomic mass is 9.83. The minimum atomic E-state index is -0.311. The topological polar surface area (TPSA) is 66.6 Å². The molecule has 0 unspecified atom stereocenters. The van der Waals surface area contributed by atoms with Gasteiger partial charge in [0.25, 0.3) is 0 Å². The van der Waals surface area contributed by atoms with Crippen LogP contribution in [-0.2, 0) is 15.0 Å². The molecule has 30 heavy (non-hydrogen) atoms. The van der Waals surface area contributed by atoms with Crippen LogP contribution in [0.1, 0.15) is 44.2 Å². The van der Waals surface area contributed by atoms with E-state index in [1.807, 2.05) is 50.4 Å². The molecule has 0 saturated carbocycles. The number of para-hydroxylation sites is 2. The Morgan fingerprint density at radius 1 is 1.10 bits per heavy atom. The number of ketones is 1. The summed E-state index contributed by atoms with van der Waals surface area (Å²) in [6.07, 6.45) is 2.41. The first-order valence-electron chi connectivity index (χ1n) is 10.4. The Balaban J connectivity index is 1.63. The van der Waals surface area contributed by atoms with Crippen LogP contribution >= 0.6 is 0 Å². The molecule has 156 valence electrons. The number of hydrogen-bond donors (Lipinski definition) is 1. The van der Waals surface area contributed by atoms with Gasteiger partial charge in [0.1, 0.15) is 0 Å². The standard InChI is InChI=1S/C25H29N3O2/c1-16-13-19(24(26)30)18-9-5-7-11-21(18)28(16)15-17(29)14-23-25(2,3)20-10-6-8-12-22(20)27(23)4/h5-12,14,16,19H,13,15H2,1-4H3,(H2,26,30)/b23-14+/t16-,19-/m1/s1. The van der Waals surface area contributed by atoms with Gasteiger partial charge in [0.05, 0.1) is 12.5 Å². The summed E-state index contributed by atoms with van der Waals surface area (Å²) in [6, 6.07) is 16.1. The number of likely N-dealkylation sites (N-methyl/N-ethyl adjacent to an activating group) is 1. The van der Waals surface area contributed by atoms with Gasteiger partial charge in [-0.3, -0.25) is 9.59 Å². The molecular formula is C25H29N3O2. The lowest BCUT2D eigenvalue weighted by molar-refractivity contribution is -0.119. The first-order valence-corrected chi connectivity index (χ1v) is 10.4. The van der Waals surface area contributed by atoms with Crippen LogP contribution < -0.4 is 15.5 Å². The normalized spacial score (nSPS) is 23.3. The van der Waals surface area contributed by atoms with Gasteiger partial charge < -0.3 is 15.5 Å². The first kappa shape index (κ1) is 20.2. The second-order valence-corrected chi connectivity index (χ2v) is 8.92. The number of fused-ring (bicyclic) bond motifs is 2. The van der Waals surface area contributed by atoms with Crippen molar-refractivity contribution in [2.24, 2.45) is 5.73 Å². The molecule has 1 amide bonds. The minimum Gasteiger partial charge on any atom is -0.369 e. The van der Waals surface area contributed by atoms with Gasteiger partial charge in [-0.2, -0.15) is 0 Å². The van der Waals surface area contributed by atoms with Gasteiger partial charge in [-0.1, -0.05) is 50.2 Å². The fourth-order valence-electron chi connectivity index (χ4n) is 5.01. The van der Waals surface area contributed by atoms with Gasteiger partial charge in [0.2, 0.25) is 5.91 Å². The van der Waals surface area contributed by atoms with E-state index in [0.29, 0.717) is 6.42 Å². The van der Waals surface area contributed by atoms with Gasteiger partial charge in [-0.25, -0.2) is 0 Å². The molecule has 0 radical (unpaired) electrons. The lowest BCUT2D eigenvalue weighted by Crippen LogP contribution is -2.44. The molecule has 2 heterocycles. The maximum Gasteiger partial charge on any atom is 0.225 e. The number of carbonyl (C=O) groups is 2. The zero-order valence-corrected chi connectivity index (χ0v) is 18.1. The summed E-state index contributed by atoms with van der Waals surface area (Å²) in [4.78, 5) is 29.4. The Bertz CT molecular complexity index is 1040. The third-order valence-corrected chi connectivity index (χ3v) is 6.64. The Hall–Kier alpha value is -3.08. The average molecular weight is 404 g/mol. The third-order valence-electron chi connectivity index (χ3n) is 6.64. The summed E-state index contributed by atoms with van der Waals surface area (Å²) in [7, 11) is 2.02. The van der Waals surface area contributed by atoms with Crippen LogP contribution in [0.5, 0.6) is 0 Å². The Morgan fingerprint density at radius 2 is 1.73 bits per heavy atom. The summed E-state index contributed by atoms with van der Waals surface area (Å²) in [5, 5.41) is 0. The first-order chi connectivity index (χ1) is 14.2. The van der Waals surface area contributed by atoms with E-state index in [4.69, 9.17) is 5.73 Å². The van der Waals surface area contributed by atoms with Crippen molar-refractivity contribution < 1.29 is 9.59 Å². The number of carbonyl (C=O) groups excluding carboxylic acids is 2. The largest absolute Gasteiger partial charge is 0.369 e. The van der Waals surface area contributed by atoms with Crippen LogP contribution in [0.15, 0.2) is 60.3 Å². The Kier molecular flexibility index (Phi) is 4.92. The molecule has 0 saturated heterocycles. The van der Waals surface area contributed by atoms with Crippen LogP contribution in [0.2, 0.25) is 0 Å². The molecule has 2 aliphatic rings. The van der Waals surface area contributed by atoms with Crippen molar-refractivity contribution in [2.45, 2.75) is 44.6 Å². The third kappa shape index (κ3) is 3.18. The molecule has 0 bridgehead atoms. The highest BCUT2D eigenvalue weighted by Gasteiger charge is 2.39. The van der Waals surface area contributed by atoms with Crippen LogP contribution in [0.25, 0.3) is 0 Å². The van der Waals surface area contributed by atoms with Gasteiger partial charge in [-0.15, -0.1) is 0 Å². The minimum absolute atomic E-state index is 0.0475.